The van der Waals surface area contributed by atoms with E-state index in [0.29, 0.717) is 0 Å². The Kier molecular flexibility index (Phi) is 1.17. The molecule has 1 aliphatic heterocycles. The van der Waals surface area contributed by atoms with Crippen molar-refractivity contribution in [1.82, 2.24) is 5.01 Å². The highest BCUT2D eigenvalue weighted by atomic mass is 15.6. The molecule has 0 aromatic rings. The predicted molar refractivity (Wildman–Crippen MR) is 30.1 cm³/mol. The van der Waals surface area contributed by atoms with Crippen LogP contribution in [0, 0.1) is 0 Å². The van der Waals surface area contributed by atoms with Gasteiger partial charge in [0.05, 0.1) is 6.04 Å². The van der Waals surface area contributed by atoms with Crippen LogP contribution < -0.4 is 5.73 Å². The molecule has 0 aliphatic carbocycles. The van der Waals surface area contributed by atoms with E-state index < -0.39 is 0 Å². The molecule has 1 rings (SSSR count). The smallest absolute Gasteiger partial charge is 0.142 e. The highest BCUT2D eigenvalue weighted by molar-refractivity contribution is 4.74. The fourth-order valence-electron chi connectivity index (χ4n) is 0.540. The predicted octanol–water partition coefficient (Wildman–Crippen LogP) is -0.0277. The molecule has 1 aliphatic rings. The highest BCUT2D eigenvalue weighted by Gasteiger charge is 2.20. The van der Waals surface area contributed by atoms with E-state index in [1.165, 1.54) is 0 Å². The summed E-state index contributed by atoms with van der Waals surface area (Å²) >= 11 is 0. The fraction of sp³-hybridized carbons (Fsp3) is 1.00. The molecule has 46 valence electrons. The molecule has 4 heteroatoms. The van der Waals surface area contributed by atoms with Crippen molar-refractivity contribution < 1.29 is 0 Å². The van der Waals surface area contributed by atoms with E-state index >= 15 is 0 Å². The molecule has 0 saturated heterocycles. The number of likely N-dealkylation sites (N-methyl/N-ethyl adjacent to an activating group) is 1. The van der Waals surface area contributed by atoms with Gasteiger partial charge in [-0.05, 0) is 6.92 Å². The van der Waals surface area contributed by atoms with Gasteiger partial charge >= 0.3 is 0 Å². The van der Waals surface area contributed by atoms with Crippen LogP contribution >= 0.6 is 0 Å². The van der Waals surface area contributed by atoms with Crippen molar-refractivity contribution in [3.63, 3.8) is 0 Å². The Bertz CT molecular complexity index is 98.6. The van der Waals surface area contributed by atoms with E-state index in [0.717, 1.165) is 0 Å². The van der Waals surface area contributed by atoms with Gasteiger partial charge in [0.2, 0.25) is 0 Å². The van der Waals surface area contributed by atoms with Gasteiger partial charge in [-0.2, -0.15) is 0 Å². The standard InChI is InChI=1S/C4H10N4/c1-3-4(5)6-7-8(3)2/h3-4H,5H2,1-2H3. The normalized spacial score (nSPS) is 36.6. The highest BCUT2D eigenvalue weighted by Crippen LogP contribution is 2.09. The molecule has 8 heavy (non-hydrogen) atoms. The summed E-state index contributed by atoms with van der Waals surface area (Å²) in [6.45, 7) is 1.99. The number of rotatable bonds is 0. The zero-order chi connectivity index (χ0) is 6.15. The van der Waals surface area contributed by atoms with Crippen molar-refractivity contribution >= 4 is 0 Å². The van der Waals surface area contributed by atoms with Crippen LogP contribution in [0.4, 0.5) is 0 Å². The molecule has 0 spiro atoms. The fourth-order valence-corrected chi connectivity index (χ4v) is 0.540. The number of hydrogen-bond acceptors (Lipinski definition) is 4. The third-order valence-corrected chi connectivity index (χ3v) is 1.41. The first-order valence-electron chi connectivity index (χ1n) is 2.61. The minimum Gasteiger partial charge on any atom is -0.306 e. The first kappa shape index (κ1) is 5.50. The van der Waals surface area contributed by atoms with Crippen LogP contribution in [0.25, 0.3) is 0 Å². The number of nitrogens with zero attached hydrogens (tertiary/aromatic N) is 3. The molecular weight excluding hydrogens is 104 g/mol. The summed E-state index contributed by atoms with van der Waals surface area (Å²) in [6.07, 6.45) is -0.125. The van der Waals surface area contributed by atoms with Gasteiger partial charge in [-0.3, -0.25) is 5.01 Å². The van der Waals surface area contributed by atoms with Crippen LogP contribution in [-0.4, -0.2) is 24.3 Å². The Labute approximate surface area is 48.3 Å². The topological polar surface area (TPSA) is 54.0 Å². The summed E-state index contributed by atoms with van der Waals surface area (Å²) in [5.41, 5.74) is 5.47. The van der Waals surface area contributed by atoms with Crippen LogP contribution in [0.2, 0.25) is 0 Å². The van der Waals surface area contributed by atoms with Crippen molar-refractivity contribution in [2.24, 2.45) is 16.1 Å². The monoisotopic (exact) mass is 114 g/mol. The molecule has 0 saturated carbocycles. The molecule has 0 fully saturated rings. The molecule has 0 amide bonds. The Hall–Kier alpha value is -0.640. The Morgan fingerprint density at radius 2 is 2.25 bits per heavy atom. The summed E-state index contributed by atoms with van der Waals surface area (Å²) in [6, 6.07) is 0.259. The summed E-state index contributed by atoms with van der Waals surface area (Å²) in [4.78, 5) is 0. The number of hydrogen-bond donors (Lipinski definition) is 1. The second-order valence-electron chi connectivity index (χ2n) is 2.01. The largest absolute Gasteiger partial charge is 0.306 e. The quantitative estimate of drug-likeness (QED) is 0.481. The molecule has 0 radical (unpaired) electrons. The Balaban J connectivity index is 2.55. The lowest BCUT2D eigenvalue weighted by Crippen LogP contribution is -2.34. The molecule has 0 aromatic carbocycles. The Morgan fingerprint density at radius 1 is 1.62 bits per heavy atom. The van der Waals surface area contributed by atoms with Crippen molar-refractivity contribution in [1.29, 1.82) is 0 Å². The third-order valence-electron chi connectivity index (χ3n) is 1.41. The average molecular weight is 114 g/mol. The second-order valence-corrected chi connectivity index (χ2v) is 2.01. The van der Waals surface area contributed by atoms with Crippen molar-refractivity contribution in [3.05, 3.63) is 0 Å². The van der Waals surface area contributed by atoms with E-state index in [1.807, 2.05) is 14.0 Å². The maximum atomic E-state index is 5.47. The third kappa shape index (κ3) is 0.667. The van der Waals surface area contributed by atoms with E-state index in [9.17, 15) is 0 Å². The zero-order valence-electron chi connectivity index (χ0n) is 5.07. The molecule has 4 nitrogen and oxygen atoms in total. The number of nitrogens with two attached hydrogens (primary N) is 1. The van der Waals surface area contributed by atoms with E-state index in [2.05, 4.69) is 10.3 Å². The van der Waals surface area contributed by atoms with Crippen molar-refractivity contribution in [2.45, 2.75) is 19.1 Å². The van der Waals surface area contributed by atoms with Gasteiger partial charge in [-0.25, -0.2) is 0 Å². The van der Waals surface area contributed by atoms with Gasteiger partial charge in [-0.15, -0.1) is 5.11 Å². The Morgan fingerprint density at radius 3 is 2.38 bits per heavy atom. The molecule has 0 bridgehead atoms. The molecule has 0 aromatic heterocycles. The van der Waals surface area contributed by atoms with Gasteiger partial charge in [0.1, 0.15) is 6.17 Å². The van der Waals surface area contributed by atoms with Crippen molar-refractivity contribution in [3.8, 4) is 0 Å². The average Bonchev–Trinajstić information content (AvgIpc) is 1.98. The summed E-state index contributed by atoms with van der Waals surface area (Å²) < 4.78 is 0. The lowest BCUT2D eigenvalue weighted by Gasteiger charge is -2.13. The first-order valence-corrected chi connectivity index (χ1v) is 2.61. The lowest BCUT2D eigenvalue weighted by atomic mass is 10.3. The van der Waals surface area contributed by atoms with Crippen molar-refractivity contribution in [2.75, 3.05) is 7.05 Å². The van der Waals surface area contributed by atoms with Gasteiger partial charge in [0.25, 0.3) is 0 Å². The minimum absolute atomic E-state index is 0.125. The zero-order valence-corrected chi connectivity index (χ0v) is 5.07. The van der Waals surface area contributed by atoms with E-state index in [4.69, 9.17) is 5.73 Å². The summed E-state index contributed by atoms with van der Waals surface area (Å²) in [5.74, 6) is 0. The summed E-state index contributed by atoms with van der Waals surface area (Å²) in [5, 5.41) is 9.21. The molecule has 2 unspecified atom stereocenters. The van der Waals surface area contributed by atoms with Crippen LogP contribution in [0.1, 0.15) is 6.92 Å². The van der Waals surface area contributed by atoms with Gasteiger partial charge in [0.15, 0.2) is 0 Å². The van der Waals surface area contributed by atoms with Crippen LogP contribution in [-0.2, 0) is 0 Å². The van der Waals surface area contributed by atoms with Crippen LogP contribution in [0.5, 0.6) is 0 Å². The SMILES string of the molecule is CC1C(N)N=NN1C. The molecule has 2 N–H and O–H groups in total. The first-order chi connectivity index (χ1) is 3.72. The van der Waals surface area contributed by atoms with Gasteiger partial charge in [-0.1, -0.05) is 5.22 Å². The maximum absolute atomic E-state index is 5.47. The molecular formula is C4H10N4. The van der Waals surface area contributed by atoms with E-state index in [1.54, 1.807) is 5.01 Å². The van der Waals surface area contributed by atoms with Gasteiger partial charge in [0, 0.05) is 7.05 Å². The minimum atomic E-state index is -0.125. The molecule has 1 heterocycles. The maximum Gasteiger partial charge on any atom is 0.142 e. The molecule has 2 atom stereocenters. The summed E-state index contributed by atoms with van der Waals surface area (Å²) in [7, 11) is 1.86. The lowest BCUT2D eigenvalue weighted by molar-refractivity contribution is 0.289. The van der Waals surface area contributed by atoms with Crippen LogP contribution in [0.15, 0.2) is 10.3 Å². The van der Waals surface area contributed by atoms with E-state index in [-0.39, 0.29) is 12.2 Å². The van der Waals surface area contributed by atoms with Gasteiger partial charge < -0.3 is 5.73 Å². The second kappa shape index (κ2) is 1.70. The van der Waals surface area contributed by atoms with Crippen LogP contribution in [0.3, 0.4) is 0 Å².